The number of nitrogens with two attached hydrogens (primary N) is 1. The van der Waals surface area contributed by atoms with Crippen molar-refractivity contribution >= 4 is 47.2 Å². The minimum Gasteiger partial charge on any atom is -0.453 e. The van der Waals surface area contributed by atoms with Crippen molar-refractivity contribution in [3.63, 3.8) is 0 Å². The monoisotopic (exact) mass is 695 g/mol. The highest BCUT2D eigenvalue weighted by atomic mass is 35.5. The Bertz CT molecular complexity index is 1790. The fraction of sp³-hybridized carbons (Fsp3) is 0.412. The van der Waals surface area contributed by atoms with E-state index in [9.17, 15) is 14.4 Å². The van der Waals surface area contributed by atoms with Crippen molar-refractivity contribution in [2.45, 2.75) is 51.2 Å². The number of halogens is 3. The van der Waals surface area contributed by atoms with Gasteiger partial charge in [0.15, 0.2) is 5.75 Å². The number of nitrogens with zero attached hydrogens (tertiary/aromatic N) is 4. The molecule has 6 rings (SSSR count). The minimum atomic E-state index is -4.18. The second-order valence-electron chi connectivity index (χ2n) is 12.5. The van der Waals surface area contributed by atoms with Crippen molar-refractivity contribution in [2.75, 3.05) is 37.0 Å². The van der Waals surface area contributed by atoms with Crippen LogP contribution in [0.4, 0.5) is 25.1 Å². The zero-order valence-corrected chi connectivity index (χ0v) is 27.6. The lowest BCUT2D eigenvalue weighted by Crippen LogP contribution is -2.50. The molecule has 49 heavy (non-hydrogen) atoms. The van der Waals surface area contributed by atoms with Crippen molar-refractivity contribution in [1.29, 1.82) is 5.41 Å². The Kier molecular flexibility index (Phi) is 9.68. The van der Waals surface area contributed by atoms with E-state index >= 15 is 8.78 Å². The number of alkyl halides is 2. The number of benzene rings is 1. The maximum Gasteiger partial charge on any atom is 0.482 e. The summed E-state index contributed by atoms with van der Waals surface area (Å²) in [4.78, 5) is 49.5. The molecular formula is C34H36ClF2N7O5. The van der Waals surface area contributed by atoms with Gasteiger partial charge in [-0.2, -0.15) is 8.78 Å². The fourth-order valence-electron chi connectivity index (χ4n) is 6.40. The molecule has 4 N–H and O–H groups in total. The summed E-state index contributed by atoms with van der Waals surface area (Å²) < 4.78 is 39.9. The van der Waals surface area contributed by atoms with Gasteiger partial charge in [-0.15, -0.1) is 0 Å². The van der Waals surface area contributed by atoms with Crippen LogP contribution < -0.4 is 20.7 Å². The number of amides is 3. The predicted molar refractivity (Wildman–Crippen MR) is 178 cm³/mol. The van der Waals surface area contributed by atoms with Crippen LogP contribution in [0.2, 0.25) is 5.02 Å². The van der Waals surface area contributed by atoms with Crippen molar-refractivity contribution in [2.24, 2.45) is 17.6 Å². The van der Waals surface area contributed by atoms with Crippen molar-refractivity contribution in [1.82, 2.24) is 14.9 Å². The van der Waals surface area contributed by atoms with Gasteiger partial charge in [0.1, 0.15) is 5.82 Å². The third-order valence-electron chi connectivity index (χ3n) is 9.10. The number of nitrogens with one attached hydrogen (secondary N) is 2. The first-order valence-corrected chi connectivity index (χ1v) is 16.4. The summed E-state index contributed by atoms with van der Waals surface area (Å²) in [5.74, 6) is -1.78. The largest absolute Gasteiger partial charge is 0.482 e. The van der Waals surface area contributed by atoms with Crippen LogP contribution >= 0.6 is 11.6 Å². The van der Waals surface area contributed by atoms with E-state index in [4.69, 9.17) is 37.2 Å². The Morgan fingerprint density at radius 2 is 1.98 bits per heavy atom. The number of hydrogen-bond acceptors (Lipinski definition) is 9. The van der Waals surface area contributed by atoms with Crippen molar-refractivity contribution < 1.29 is 32.6 Å². The van der Waals surface area contributed by atoms with Gasteiger partial charge in [0.05, 0.1) is 41.3 Å². The van der Waals surface area contributed by atoms with Crippen molar-refractivity contribution in [3.05, 3.63) is 64.1 Å². The molecule has 2 fully saturated rings. The van der Waals surface area contributed by atoms with Crippen LogP contribution in [-0.2, 0) is 22.5 Å². The lowest BCUT2D eigenvalue weighted by atomic mass is 9.91. The molecule has 12 nitrogen and oxygen atoms in total. The minimum absolute atomic E-state index is 0.0772. The highest BCUT2D eigenvalue weighted by Gasteiger charge is 2.50. The number of ether oxygens (including phenoxy) is 2. The van der Waals surface area contributed by atoms with E-state index < -0.39 is 17.9 Å². The molecule has 3 amide bonds. The van der Waals surface area contributed by atoms with Crippen LogP contribution in [-0.4, -0.2) is 71.8 Å². The van der Waals surface area contributed by atoms with E-state index in [1.807, 2.05) is 0 Å². The van der Waals surface area contributed by atoms with Gasteiger partial charge in [-0.3, -0.25) is 19.5 Å². The molecule has 2 aliphatic heterocycles. The van der Waals surface area contributed by atoms with Crippen molar-refractivity contribution in [3.8, 4) is 16.9 Å². The SMILES string of the molecule is COC(=O)N1CCCC(CNc2nc(CC3CC3)c(C(N)=O)c(-c3ccc4c(c3)OC(F)(F)C(=O)N4Cc3ccc(Cl)cn3)c2C=N)CC1. The number of pyridine rings is 2. The number of carbonyl (C=O) groups excluding carboxylic acids is 3. The fourth-order valence-corrected chi connectivity index (χ4v) is 6.51. The van der Waals surface area contributed by atoms with Gasteiger partial charge in [0, 0.05) is 43.2 Å². The third kappa shape index (κ3) is 7.28. The normalized spacial score (nSPS) is 18.6. The van der Waals surface area contributed by atoms with Crippen LogP contribution in [0.15, 0.2) is 36.5 Å². The summed E-state index contributed by atoms with van der Waals surface area (Å²) in [5, 5.41) is 12.1. The van der Waals surface area contributed by atoms with E-state index in [0.717, 1.165) is 43.2 Å². The summed E-state index contributed by atoms with van der Waals surface area (Å²) in [5.41, 5.74) is 7.70. The van der Waals surface area contributed by atoms with Gasteiger partial charge in [0.25, 0.3) is 5.91 Å². The molecule has 258 valence electrons. The first kappa shape index (κ1) is 34.0. The quantitative estimate of drug-likeness (QED) is 0.229. The zero-order valence-electron chi connectivity index (χ0n) is 26.8. The topological polar surface area (TPSA) is 164 Å². The molecule has 4 heterocycles. The number of carbonyl (C=O) groups is 3. The third-order valence-corrected chi connectivity index (χ3v) is 9.32. The molecule has 1 saturated heterocycles. The lowest BCUT2D eigenvalue weighted by Gasteiger charge is -2.33. The number of rotatable bonds is 10. The average Bonchev–Trinajstić information content (AvgIpc) is 3.92. The summed E-state index contributed by atoms with van der Waals surface area (Å²) in [6.45, 7) is 1.34. The van der Waals surface area contributed by atoms with Crippen LogP contribution in [0.1, 0.15) is 59.4 Å². The highest BCUT2D eigenvalue weighted by molar-refractivity contribution is 6.30. The van der Waals surface area contributed by atoms with Gasteiger partial charge in [-0.25, -0.2) is 9.78 Å². The standard InChI is InChI=1S/C34H36ClF2N7O5/c1-48-33(47)43-11-2-3-20(10-12-43)16-41-31-24(15-38)28(29(30(39)45)25(42-31)13-19-4-5-19)21-6-9-26-27(14-21)49-34(36,37)32(46)44(26)18-23-8-7-22(35)17-40-23/h6-9,14-15,17,19-20,38H,2-5,10-13,16,18H2,1H3,(H2,39,45)(H,41,42). The van der Waals surface area contributed by atoms with Gasteiger partial charge in [0.2, 0.25) is 0 Å². The molecule has 2 aromatic heterocycles. The molecule has 0 bridgehead atoms. The summed E-state index contributed by atoms with van der Waals surface area (Å²) in [6.07, 6.45) is 2.64. The second kappa shape index (κ2) is 13.9. The van der Waals surface area contributed by atoms with E-state index in [2.05, 4.69) is 10.3 Å². The number of aromatic nitrogens is 2. The van der Waals surface area contributed by atoms with E-state index in [-0.39, 0.29) is 52.2 Å². The van der Waals surface area contributed by atoms with E-state index in [1.165, 1.54) is 31.5 Å². The lowest BCUT2D eigenvalue weighted by molar-refractivity contribution is -0.193. The van der Waals surface area contributed by atoms with Crippen LogP contribution in [0.25, 0.3) is 11.1 Å². The number of anilines is 2. The number of methoxy groups -OCH3 is 1. The van der Waals surface area contributed by atoms with E-state index in [0.29, 0.717) is 54.2 Å². The smallest absolute Gasteiger partial charge is 0.453 e. The van der Waals surface area contributed by atoms with Gasteiger partial charge < -0.3 is 30.8 Å². The zero-order chi connectivity index (χ0) is 34.9. The van der Waals surface area contributed by atoms with Gasteiger partial charge in [-0.1, -0.05) is 17.7 Å². The molecule has 1 aromatic carbocycles. The number of likely N-dealkylation sites (tertiary alicyclic amines) is 1. The molecular weight excluding hydrogens is 660 g/mol. The molecule has 15 heteroatoms. The number of primary amides is 1. The Morgan fingerprint density at radius 1 is 1.18 bits per heavy atom. The number of fused-ring (bicyclic) bond motifs is 1. The Hall–Kier alpha value is -4.85. The molecule has 1 aliphatic carbocycles. The maximum absolute atomic E-state index is 15.0. The second-order valence-corrected chi connectivity index (χ2v) is 13.0. The predicted octanol–water partition coefficient (Wildman–Crippen LogP) is 5.64. The average molecular weight is 696 g/mol. The molecule has 1 atom stereocenters. The van der Waals surface area contributed by atoms with Gasteiger partial charge in [-0.05, 0) is 80.2 Å². The van der Waals surface area contributed by atoms with Crippen LogP contribution in [0.3, 0.4) is 0 Å². The molecule has 3 aromatic rings. The Morgan fingerprint density at radius 3 is 2.65 bits per heavy atom. The highest BCUT2D eigenvalue weighted by Crippen LogP contribution is 2.44. The summed E-state index contributed by atoms with van der Waals surface area (Å²) in [7, 11) is 1.36. The summed E-state index contributed by atoms with van der Waals surface area (Å²) in [6, 6.07) is 7.43. The molecule has 3 aliphatic rings. The first-order chi connectivity index (χ1) is 23.5. The Balaban J connectivity index is 1.39. The molecule has 1 saturated carbocycles. The molecule has 1 unspecified atom stereocenters. The number of hydrogen-bond donors (Lipinski definition) is 3. The summed E-state index contributed by atoms with van der Waals surface area (Å²) >= 11 is 5.93. The first-order valence-electron chi connectivity index (χ1n) is 16.1. The molecule has 0 radical (unpaired) electrons. The van der Waals surface area contributed by atoms with E-state index in [1.54, 1.807) is 17.0 Å². The molecule has 0 spiro atoms. The van der Waals surface area contributed by atoms with Crippen LogP contribution in [0, 0.1) is 17.2 Å². The van der Waals surface area contributed by atoms with Crippen LogP contribution in [0.5, 0.6) is 5.75 Å². The Labute approximate surface area is 286 Å². The maximum atomic E-state index is 15.0. The van der Waals surface area contributed by atoms with Gasteiger partial charge >= 0.3 is 18.1 Å².